The summed E-state index contributed by atoms with van der Waals surface area (Å²) in [6.07, 6.45) is 1.05. The van der Waals surface area contributed by atoms with Gasteiger partial charge in [0.15, 0.2) is 0 Å². The highest BCUT2D eigenvalue weighted by Crippen LogP contribution is 2.24. The van der Waals surface area contributed by atoms with Crippen LogP contribution in [-0.4, -0.2) is 13.6 Å². The Balaban J connectivity index is 3.07. The third-order valence-electron chi connectivity index (χ3n) is 2.31. The van der Waals surface area contributed by atoms with Gasteiger partial charge in [0.2, 0.25) is 0 Å². The minimum Gasteiger partial charge on any atom is -0.375 e. The van der Waals surface area contributed by atoms with Crippen molar-refractivity contribution < 1.29 is 0 Å². The van der Waals surface area contributed by atoms with Crippen LogP contribution in [0.1, 0.15) is 19.4 Å². The van der Waals surface area contributed by atoms with Gasteiger partial charge in [-0.1, -0.05) is 24.6 Å². The molecule has 1 aromatic carbocycles. The summed E-state index contributed by atoms with van der Waals surface area (Å²) in [5.74, 6) is 0. The second-order valence-corrected chi connectivity index (χ2v) is 3.58. The van der Waals surface area contributed by atoms with Gasteiger partial charge in [0.25, 0.3) is 0 Å². The van der Waals surface area contributed by atoms with Crippen LogP contribution in [0.3, 0.4) is 0 Å². The van der Waals surface area contributed by atoms with Gasteiger partial charge in [-0.25, -0.2) is 0 Å². The molecule has 72 valence electrons. The number of rotatable bonds is 3. The normalized spacial score (nSPS) is 10.2. The lowest BCUT2D eigenvalue weighted by atomic mass is 10.1. The Labute approximate surface area is 85.3 Å². The average Bonchev–Trinajstić information content (AvgIpc) is 2.16. The van der Waals surface area contributed by atoms with Crippen LogP contribution in [0.15, 0.2) is 18.2 Å². The molecule has 0 heterocycles. The molecule has 0 spiro atoms. The molecule has 0 aliphatic heterocycles. The van der Waals surface area contributed by atoms with Crippen LogP contribution >= 0.6 is 11.6 Å². The summed E-state index contributed by atoms with van der Waals surface area (Å²) >= 11 is 5.95. The molecule has 0 fully saturated rings. The van der Waals surface area contributed by atoms with Crippen molar-refractivity contribution in [3.05, 3.63) is 28.8 Å². The molecule has 13 heavy (non-hydrogen) atoms. The highest BCUT2D eigenvalue weighted by atomic mass is 35.5. The summed E-state index contributed by atoms with van der Waals surface area (Å²) in [4.78, 5) is 2.21. The topological polar surface area (TPSA) is 3.24 Å². The van der Waals surface area contributed by atoms with Crippen molar-refractivity contribution in [2.45, 2.75) is 20.3 Å². The van der Waals surface area contributed by atoms with Gasteiger partial charge in [-0.3, -0.25) is 0 Å². The average molecular weight is 198 g/mol. The minimum absolute atomic E-state index is 0.813. The predicted molar refractivity (Wildman–Crippen MR) is 59.8 cm³/mol. The Morgan fingerprint density at radius 3 is 2.54 bits per heavy atom. The van der Waals surface area contributed by atoms with E-state index >= 15 is 0 Å². The molecule has 0 amide bonds. The zero-order valence-corrected chi connectivity index (χ0v) is 9.23. The van der Waals surface area contributed by atoms with Gasteiger partial charge in [0, 0.05) is 24.3 Å². The van der Waals surface area contributed by atoms with Gasteiger partial charge in [-0.05, 0) is 31.0 Å². The molecule has 0 bridgehead atoms. The van der Waals surface area contributed by atoms with Crippen molar-refractivity contribution in [1.82, 2.24) is 0 Å². The number of hydrogen-bond acceptors (Lipinski definition) is 1. The van der Waals surface area contributed by atoms with Gasteiger partial charge in [-0.2, -0.15) is 0 Å². The van der Waals surface area contributed by atoms with Gasteiger partial charge in [-0.15, -0.1) is 0 Å². The molecule has 0 aliphatic carbocycles. The lowest BCUT2D eigenvalue weighted by molar-refractivity contribution is 0.948. The molecular formula is C11H16ClN. The largest absolute Gasteiger partial charge is 0.375 e. The second kappa shape index (κ2) is 4.52. The molecule has 0 atom stereocenters. The summed E-state index contributed by atoms with van der Waals surface area (Å²) in [5.41, 5.74) is 2.60. The fraction of sp³-hybridized carbons (Fsp3) is 0.455. The Bertz CT molecular complexity index is 283. The molecule has 0 saturated heterocycles. The Morgan fingerprint density at radius 1 is 1.31 bits per heavy atom. The van der Waals surface area contributed by atoms with E-state index < -0.39 is 0 Å². The lowest BCUT2D eigenvalue weighted by Crippen LogP contribution is -2.17. The number of benzene rings is 1. The fourth-order valence-electron chi connectivity index (χ4n) is 1.36. The summed E-state index contributed by atoms with van der Waals surface area (Å²) in [7, 11) is 2.09. The number of nitrogens with zero attached hydrogens (tertiary/aromatic N) is 1. The molecule has 0 unspecified atom stereocenters. The quantitative estimate of drug-likeness (QED) is 0.719. The molecule has 1 aromatic rings. The van der Waals surface area contributed by atoms with E-state index in [0.29, 0.717) is 0 Å². The maximum Gasteiger partial charge on any atom is 0.0426 e. The Hall–Kier alpha value is -0.690. The second-order valence-electron chi connectivity index (χ2n) is 3.14. The molecule has 0 N–H and O–H groups in total. The van der Waals surface area contributed by atoms with E-state index in [-0.39, 0.29) is 0 Å². The Kier molecular flexibility index (Phi) is 3.61. The SMILES string of the molecule is CCc1ccc(Cl)cc1N(C)CC. The fourth-order valence-corrected chi connectivity index (χ4v) is 1.53. The molecule has 1 rings (SSSR count). The smallest absolute Gasteiger partial charge is 0.0426 e. The van der Waals surface area contributed by atoms with E-state index in [1.54, 1.807) is 0 Å². The van der Waals surface area contributed by atoms with Gasteiger partial charge < -0.3 is 4.90 Å². The minimum atomic E-state index is 0.813. The number of anilines is 1. The standard InChI is InChI=1S/C11H16ClN/c1-4-9-6-7-10(12)8-11(9)13(3)5-2/h6-8H,4-5H2,1-3H3. The molecule has 0 aromatic heterocycles. The first kappa shape index (κ1) is 10.4. The van der Waals surface area contributed by atoms with Crippen LogP contribution in [0.2, 0.25) is 5.02 Å². The van der Waals surface area contributed by atoms with E-state index in [1.165, 1.54) is 11.3 Å². The van der Waals surface area contributed by atoms with Crippen molar-refractivity contribution in [3.8, 4) is 0 Å². The monoisotopic (exact) mass is 197 g/mol. The summed E-state index contributed by atoms with van der Waals surface area (Å²) in [6.45, 7) is 5.31. The third-order valence-corrected chi connectivity index (χ3v) is 2.55. The highest BCUT2D eigenvalue weighted by Gasteiger charge is 2.04. The maximum atomic E-state index is 5.95. The van der Waals surface area contributed by atoms with E-state index in [0.717, 1.165) is 18.0 Å². The molecular weight excluding hydrogens is 182 g/mol. The van der Waals surface area contributed by atoms with Crippen LogP contribution in [0.4, 0.5) is 5.69 Å². The third kappa shape index (κ3) is 2.38. The maximum absolute atomic E-state index is 5.95. The van der Waals surface area contributed by atoms with Gasteiger partial charge in [0.05, 0.1) is 0 Å². The highest BCUT2D eigenvalue weighted by molar-refractivity contribution is 6.30. The van der Waals surface area contributed by atoms with Crippen LogP contribution in [-0.2, 0) is 6.42 Å². The number of halogens is 1. The van der Waals surface area contributed by atoms with E-state index in [4.69, 9.17) is 11.6 Å². The van der Waals surface area contributed by atoms with Crippen molar-refractivity contribution in [1.29, 1.82) is 0 Å². The molecule has 0 radical (unpaired) electrons. The van der Waals surface area contributed by atoms with Crippen LogP contribution in [0.5, 0.6) is 0 Å². The zero-order valence-electron chi connectivity index (χ0n) is 8.47. The van der Waals surface area contributed by atoms with Gasteiger partial charge >= 0.3 is 0 Å². The lowest BCUT2D eigenvalue weighted by Gasteiger charge is -2.20. The van der Waals surface area contributed by atoms with Crippen LogP contribution < -0.4 is 4.90 Å². The Morgan fingerprint density at radius 2 is 2.00 bits per heavy atom. The van der Waals surface area contributed by atoms with E-state index in [1.807, 2.05) is 12.1 Å². The van der Waals surface area contributed by atoms with Crippen molar-refractivity contribution >= 4 is 17.3 Å². The van der Waals surface area contributed by atoms with Gasteiger partial charge in [0.1, 0.15) is 0 Å². The first-order valence-electron chi connectivity index (χ1n) is 4.68. The molecule has 2 heteroatoms. The van der Waals surface area contributed by atoms with E-state index in [9.17, 15) is 0 Å². The first-order valence-corrected chi connectivity index (χ1v) is 5.06. The summed E-state index contributed by atoms with van der Waals surface area (Å²) < 4.78 is 0. The van der Waals surface area contributed by atoms with Crippen molar-refractivity contribution in [3.63, 3.8) is 0 Å². The summed E-state index contributed by atoms with van der Waals surface area (Å²) in [6, 6.07) is 6.08. The molecule has 0 saturated carbocycles. The predicted octanol–water partition coefficient (Wildman–Crippen LogP) is 3.36. The van der Waals surface area contributed by atoms with Crippen molar-refractivity contribution in [2.24, 2.45) is 0 Å². The summed E-state index contributed by atoms with van der Waals surface area (Å²) in [5, 5.41) is 0.813. The number of hydrogen-bond donors (Lipinski definition) is 0. The first-order chi connectivity index (χ1) is 6.19. The van der Waals surface area contributed by atoms with Crippen molar-refractivity contribution in [2.75, 3.05) is 18.5 Å². The number of aryl methyl sites for hydroxylation is 1. The molecule has 1 nitrogen and oxygen atoms in total. The molecule has 0 aliphatic rings. The zero-order chi connectivity index (χ0) is 9.84. The van der Waals surface area contributed by atoms with Crippen LogP contribution in [0, 0.1) is 0 Å². The van der Waals surface area contributed by atoms with Crippen LogP contribution in [0.25, 0.3) is 0 Å². The van der Waals surface area contributed by atoms with E-state index in [2.05, 4.69) is 31.9 Å².